The zero-order valence-corrected chi connectivity index (χ0v) is 8.00. The van der Waals surface area contributed by atoms with E-state index in [4.69, 9.17) is 5.73 Å². The zero-order chi connectivity index (χ0) is 9.68. The van der Waals surface area contributed by atoms with Crippen LogP contribution in [0.2, 0.25) is 0 Å². The highest BCUT2D eigenvalue weighted by molar-refractivity contribution is 5.28. The molecule has 2 unspecified atom stereocenters. The van der Waals surface area contributed by atoms with E-state index in [0.717, 1.165) is 25.0 Å². The Morgan fingerprint density at radius 2 is 2.23 bits per heavy atom. The number of piperidine rings is 1. The molecule has 1 saturated heterocycles. The van der Waals surface area contributed by atoms with Crippen LogP contribution in [0.3, 0.4) is 0 Å². The van der Waals surface area contributed by atoms with E-state index in [1.54, 1.807) is 6.08 Å². The summed E-state index contributed by atoms with van der Waals surface area (Å²) < 4.78 is 0. The first-order chi connectivity index (χ1) is 6.29. The van der Waals surface area contributed by atoms with Crippen molar-refractivity contribution in [3.8, 4) is 0 Å². The summed E-state index contributed by atoms with van der Waals surface area (Å²) in [6.07, 6.45) is 7.84. The highest BCUT2D eigenvalue weighted by atomic mass is 15.0. The Bertz CT molecular complexity index is 218. The molecule has 0 amide bonds. The molecule has 1 aliphatic heterocycles. The lowest BCUT2D eigenvalue weighted by Crippen LogP contribution is -2.50. The van der Waals surface area contributed by atoms with Crippen LogP contribution in [0.4, 0.5) is 0 Å². The smallest absolute Gasteiger partial charge is 0.0473 e. The average molecular weight is 178 g/mol. The van der Waals surface area contributed by atoms with Crippen molar-refractivity contribution >= 4 is 0 Å². The molecule has 3 N–H and O–H groups in total. The van der Waals surface area contributed by atoms with Crippen molar-refractivity contribution < 1.29 is 0 Å². The van der Waals surface area contributed by atoms with Crippen molar-refractivity contribution in [3.05, 3.63) is 37.0 Å². The van der Waals surface area contributed by atoms with Crippen LogP contribution in [0, 0.1) is 0 Å². The Kier molecular flexibility index (Phi) is 3.93. The van der Waals surface area contributed by atoms with Crippen molar-refractivity contribution in [1.29, 1.82) is 0 Å². The maximum Gasteiger partial charge on any atom is 0.0473 e. The predicted octanol–water partition coefficient (Wildman–Crippen LogP) is 1.36. The molecule has 0 bridgehead atoms. The number of rotatable bonds is 3. The fraction of sp³-hybridized carbons (Fsp3) is 0.455. The van der Waals surface area contributed by atoms with E-state index < -0.39 is 0 Å². The van der Waals surface area contributed by atoms with Crippen LogP contribution < -0.4 is 11.1 Å². The van der Waals surface area contributed by atoms with Crippen molar-refractivity contribution in [3.63, 3.8) is 0 Å². The molecule has 1 heterocycles. The van der Waals surface area contributed by atoms with Gasteiger partial charge in [-0.1, -0.05) is 31.4 Å². The van der Waals surface area contributed by atoms with Gasteiger partial charge in [-0.05, 0) is 25.0 Å². The van der Waals surface area contributed by atoms with Gasteiger partial charge in [-0.25, -0.2) is 0 Å². The Morgan fingerprint density at radius 3 is 2.77 bits per heavy atom. The van der Waals surface area contributed by atoms with Crippen LogP contribution in [0.25, 0.3) is 0 Å². The summed E-state index contributed by atoms with van der Waals surface area (Å²) in [5, 5.41) is 3.39. The quantitative estimate of drug-likeness (QED) is 0.640. The summed E-state index contributed by atoms with van der Waals surface area (Å²) in [4.78, 5) is 0. The van der Waals surface area contributed by atoms with Crippen molar-refractivity contribution in [2.75, 3.05) is 6.54 Å². The van der Waals surface area contributed by atoms with Gasteiger partial charge in [0.05, 0.1) is 0 Å². The van der Waals surface area contributed by atoms with Crippen LogP contribution in [0.5, 0.6) is 0 Å². The molecule has 1 fully saturated rings. The van der Waals surface area contributed by atoms with Crippen molar-refractivity contribution in [2.45, 2.75) is 24.9 Å². The molecule has 0 aromatic heterocycles. The Labute approximate surface area is 80.2 Å². The second kappa shape index (κ2) is 5.00. The zero-order valence-electron chi connectivity index (χ0n) is 8.00. The largest absolute Gasteiger partial charge is 0.326 e. The van der Waals surface area contributed by atoms with Crippen LogP contribution in [-0.4, -0.2) is 18.6 Å². The first-order valence-corrected chi connectivity index (χ1v) is 4.73. The molecule has 2 nitrogen and oxygen atoms in total. The molecule has 0 aromatic carbocycles. The van der Waals surface area contributed by atoms with E-state index in [0.29, 0.717) is 0 Å². The molecule has 1 aliphatic rings. The van der Waals surface area contributed by atoms with E-state index in [2.05, 4.69) is 18.5 Å². The normalized spacial score (nSPS) is 29.8. The van der Waals surface area contributed by atoms with E-state index >= 15 is 0 Å². The molecule has 0 spiro atoms. The van der Waals surface area contributed by atoms with Gasteiger partial charge in [-0.15, -0.1) is 0 Å². The van der Waals surface area contributed by atoms with Gasteiger partial charge in [0.25, 0.3) is 0 Å². The van der Waals surface area contributed by atoms with Gasteiger partial charge in [0.15, 0.2) is 0 Å². The molecule has 2 atom stereocenters. The Balaban J connectivity index is 2.71. The Hall–Kier alpha value is -0.860. The molecule has 2 heteroatoms. The maximum atomic E-state index is 6.00. The van der Waals surface area contributed by atoms with E-state index in [-0.39, 0.29) is 12.1 Å². The van der Waals surface area contributed by atoms with Gasteiger partial charge >= 0.3 is 0 Å². The fourth-order valence-corrected chi connectivity index (χ4v) is 1.71. The molecular weight excluding hydrogens is 160 g/mol. The topological polar surface area (TPSA) is 38.0 Å². The average Bonchev–Trinajstić information content (AvgIpc) is 2.16. The second-order valence-corrected chi connectivity index (χ2v) is 3.34. The lowest BCUT2D eigenvalue weighted by molar-refractivity contribution is 0.389. The minimum absolute atomic E-state index is 0.206. The predicted molar refractivity (Wildman–Crippen MR) is 57.5 cm³/mol. The highest BCUT2D eigenvalue weighted by Crippen LogP contribution is 2.14. The summed E-state index contributed by atoms with van der Waals surface area (Å²) in [6.45, 7) is 8.50. The van der Waals surface area contributed by atoms with E-state index in [1.807, 2.05) is 12.2 Å². The minimum Gasteiger partial charge on any atom is -0.326 e. The lowest BCUT2D eigenvalue weighted by Gasteiger charge is -2.30. The number of allylic oxidation sites excluding steroid dienone is 2. The van der Waals surface area contributed by atoms with Crippen molar-refractivity contribution in [2.24, 2.45) is 5.73 Å². The summed E-state index contributed by atoms with van der Waals surface area (Å²) in [7, 11) is 0. The maximum absolute atomic E-state index is 6.00. The number of hydrogen-bond acceptors (Lipinski definition) is 2. The van der Waals surface area contributed by atoms with E-state index in [1.165, 1.54) is 0 Å². The van der Waals surface area contributed by atoms with Gasteiger partial charge < -0.3 is 11.1 Å². The fourth-order valence-electron chi connectivity index (χ4n) is 1.71. The number of nitrogens with two attached hydrogens (primary N) is 1. The van der Waals surface area contributed by atoms with Gasteiger partial charge in [-0.2, -0.15) is 0 Å². The third-order valence-corrected chi connectivity index (χ3v) is 2.41. The molecule has 0 saturated carbocycles. The monoisotopic (exact) mass is 178 g/mol. The molecule has 72 valence electrons. The minimum atomic E-state index is 0.206. The lowest BCUT2D eigenvalue weighted by atomic mass is 9.92. The molecule has 0 aliphatic carbocycles. The van der Waals surface area contributed by atoms with E-state index in [9.17, 15) is 0 Å². The number of nitrogens with one attached hydrogen (secondary N) is 1. The van der Waals surface area contributed by atoms with Gasteiger partial charge in [0.1, 0.15) is 0 Å². The van der Waals surface area contributed by atoms with Gasteiger partial charge in [-0.3, -0.25) is 0 Å². The van der Waals surface area contributed by atoms with Gasteiger partial charge in [0.2, 0.25) is 0 Å². The third-order valence-electron chi connectivity index (χ3n) is 2.41. The number of hydrogen-bond donors (Lipinski definition) is 2. The summed E-state index contributed by atoms with van der Waals surface area (Å²) in [5.74, 6) is 0. The highest BCUT2D eigenvalue weighted by Gasteiger charge is 2.22. The molecular formula is C11H18N2. The summed E-state index contributed by atoms with van der Waals surface area (Å²) in [5.41, 5.74) is 7.14. The molecule has 0 radical (unpaired) electrons. The van der Waals surface area contributed by atoms with Crippen LogP contribution in [0.15, 0.2) is 37.0 Å². The molecule has 13 heavy (non-hydrogen) atoms. The second-order valence-electron chi connectivity index (χ2n) is 3.34. The SMILES string of the molecule is C=C/C=C(\C=C)C1NCCCC1N. The first kappa shape index (κ1) is 10.2. The Morgan fingerprint density at radius 1 is 1.46 bits per heavy atom. The standard InChI is InChI=1S/C11H18N2/c1-3-6-9(4-2)11-10(12)7-5-8-13-11/h3-4,6,10-11,13H,1-2,5,7-8,12H2/b9-6+. The van der Waals surface area contributed by atoms with Crippen LogP contribution >= 0.6 is 0 Å². The van der Waals surface area contributed by atoms with Crippen LogP contribution in [-0.2, 0) is 0 Å². The molecule has 1 rings (SSSR count). The van der Waals surface area contributed by atoms with Gasteiger partial charge in [0, 0.05) is 12.1 Å². The third kappa shape index (κ3) is 2.54. The molecule has 0 aromatic rings. The first-order valence-electron chi connectivity index (χ1n) is 4.73. The summed E-state index contributed by atoms with van der Waals surface area (Å²) >= 11 is 0. The van der Waals surface area contributed by atoms with Crippen LogP contribution in [0.1, 0.15) is 12.8 Å². The van der Waals surface area contributed by atoms with Crippen molar-refractivity contribution in [1.82, 2.24) is 5.32 Å². The summed E-state index contributed by atoms with van der Waals surface area (Å²) in [6, 6.07) is 0.460.